The number of hydrogen-bond acceptors (Lipinski definition) is 7. The van der Waals surface area contributed by atoms with E-state index < -0.39 is 10.9 Å². The Bertz CT molecular complexity index is 814. The van der Waals surface area contributed by atoms with Crippen LogP contribution in [0.5, 0.6) is 11.5 Å². The van der Waals surface area contributed by atoms with Crippen LogP contribution in [0.1, 0.15) is 82.1 Å². The maximum atomic E-state index is 11.7. The van der Waals surface area contributed by atoms with Gasteiger partial charge in [-0.2, -0.15) is 11.8 Å². The van der Waals surface area contributed by atoms with E-state index in [-0.39, 0.29) is 22.7 Å². The molecule has 0 aromatic heterocycles. The lowest BCUT2D eigenvalue weighted by Crippen LogP contribution is -2.28. The van der Waals surface area contributed by atoms with E-state index in [1.807, 2.05) is 25.6 Å². The smallest absolute Gasteiger partial charge is 0.303 e. The molecule has 1 aliphatic rings. The van der Waals surface area contributed by atoms with Crippen LogP contribution >= 0.6 is 23.5 Å². The molecule has 2 rings (SSSR count). The minimum atomic E-state index is -0.780. The van der Waals surface area contributed by atoms with Crippen molar-refractivity contribution in [3.05, 3.63) is 23.3 Å². The van der Waals surface area contributed by atoms with Crippen LogP contribution in [-0.2, 0) is 16.0 Å². The zero-order valence-electron chi connectivity index (χ0n) is 20.3. The van der Waals surface area contributed by atoms with Gasteiger partial charge in [0.1, 0.15) is 16.4 Å². The standard InChI is InChI=1S/C25H38O6S2/c1-5-9-20-21(11-10-19(18(3)26)23(20)29)30-14-7-8-15-32-17-25(6-2)16-31-24(4,33-25)13-12-22(27)28/h10-11,29H,5-9,12-17H2,1-4H3,(H,27,28). The van der Waals surface area contributed by atoms with E-state index in [9.17, 15) is 14.7 Å². The molecule has 1 aromatic carbocycles. The molecule has 0 saturated carbocycles. The topological polar surface area (TPSA) is 93.1 Å². The van der Waals surface area contributed by atoms with Crippen molar-refractivity contribution in [2.24, 2.45) is 0 Å². The second-order valence-electron chi connectivity index (χ2n) is 8.81. The minimum absolute atomic E-state index is 0.0411. The van der Waals surface area contributed by atoms with Gasteiger partial charge in [-0.05, 0) is 63.8 Å². The lowest BCUT2D eigenvalue weighted by molar-refractivity contribution is -0.137. The summed E-state index contributed by atoms with van der Waals surface area (Å²) in [4.78, 5) is 22.2. The number of carboxylic acid groups (broad SMARTS) is 1. The minimum Gasteiger partial charge on any atom is -0.507 e. The lowest BCUT2D eigenvalue weighted by atomic mass is 10.0. The zero-order valence-corrected chi connectivity index (χ0v) is 21.9. The molecule has 0 aliphatic carbocycles. The molecule has 0 spiro atoms. The van der Waals surface area contributed by atoms with Crippen molar-refractivity contribution in [1.82, 2.24) is 0 Å². The van der Waals surface area contributed by atoms with Crippen molar-refractivity contribution in [2.45, 2.75) is 82.3 Å². The predicted molar refractivity (Wildman–Crippen MR) is 136 cm³/mol. The molecule has 1 fully saturated rings. The number of aromatic hydroxyl groups is 1. The number of phenols is 1. The third-order valence-corrected chi connectivity index (χ3v) is 9.19. The lowest BCUT2D eigenvalue weighted by Gasteiger charge is -2.28. The van der Waals surface area contributed by atoms with E-state index in [4.69, 9.17) is 14.6 Å². The normalized spacial score (nSPS) is 22.4. The molecule has 2 N–H and O–H groups in total. The molecule has 0 bridgehead atoms. The molecule has 1 saturated heterocycles. The van der Waals surface area contributed by atoms with Gasteiger partial charge in [-0.25, -0.2) is 0 Å². The summed E-state index contributed by atoms with van der Waals surface area (Å²) >= 11 is 3.71. The Labute approximate surface area is 206 Å². The fourth-order valence-electron chi connectivity index (χ4n) is 3.88. The number of hydrogen-bond donors (Lipinski definition) is 2. The van der Waals surface area contributed by atoms with Crippen LogP contribution in [0.15, 0.2) is 12.1 Å². The van der Waals surface area contributed by atoms with Crippen molar-refractivity contribution < 1.29 is 29.3 Å². The summed E-state index contributed by atoms with van der Waals surface area (Å²) in [5, 5.41) is 19.4. The second-order valence-corrected chi connectivity index (χ2v) is 11.8. The number of unbranched alkanes of at least 4 members (excludes halogenated alkanes) is 1. The summed E-state index contributed by atoms with van der Waals surface area (Å²) in [6, 6.07) is 3.43. The monoisotopic (exact) mass is 498 g/mol. The molecule has 1 heterocycles. The summed E-state index contributed by atoms with van der Waals surface area (Å²) in [5.74, 6) is 1.79. The Balaban J connectivity index is 1.75. The summed E-state index contributed by atoms with van der Waals surface area (Å²) < 4.78 is 12.0. The number of benzene rings is 1. The Kier molecular flexibility index (Phi) is 10.9. The van der Waals surface area contributed by atoms with E-state index in [1.165, 1.54) is 6.92 Å². The zero-order chi connectivity index (χ0) is 24.5. The fraction of sp³-hybridized carbons (Fsp3) is 0.680. The Morgan fingerprint density at radius 1 is 1.27 bits per heavy atom. The maximum absolute atomic E-state index is 11.7. The predicted octanol–water partition coefficient (Wildman–Crippen LogP) is 5.93. The van der Waals surface area contributed by atoms with Gasteiger partial charge >= 0.3 is 5.97 Å². The van der Waals surface area contributed by atoms with Crippen LogP contribution in [0.2, 0.25) is 0 Å². The number of rotatable bonds is 15. The highest BCUT2D eigenvalue weighted by Gasteiger charge is 2.46. The van der Waals surface area contributed by atoms with Crippen LogP contribution in [0.4, 0.5) is 0 Å². The fourth-order valence-corrected chi connectivity index (χ4v) is 7.08. The Morgan fingerprint density at radius 3 is 2.67 bits per heavy atom. The maximum Gasteiger partial charge on any atom is 0.303 e. The number of carbonyl (C=O) groups is 2. The van der Waals surface area contributed by atoms with Crippen molar-refractivity contribution in [3.8, 4) is 11.5 Å². The summed E-state index contributed by atoms with van der Waals surface area (Å²) in [5.41, 5.74) is 1.06. The van der Waals surface area contributed by atoms with Gasteiger partial charge in [0.25, 0.3) is 0 Å². The van der Waals surface area contributed by atoms with Gasteiger partial charge in [-0.1, -0.05) is 20.3 Å². The van der Waals surface area contributed by atoms with Gasteiger partial charge in [-0.3, -0.25) is 9.59 Å². The first-order valence-corrected chi connectivity index (χ1v) is 13.7. The quantitative estimate of drug-likeness (QED) is 0.227. The molecule has 6 nitrogen and oxygen atoms in total. The third kappa shape index (κ3) is 8.11. The van der Waals surface area contributed by atoms with E-state index in [0.717, 1.165) is 37.2 Å². The Morgan fingerprint density at radius 2 is 2.03 bits per heavy atom. The number of ketones is 1. The average molecular weight is 499 g/mol. The van der Waals surface area contributed by atoms with Crippen molar-refractivity contribution in [1.29, 1.82) is 0 Å². The van der Waals surface area contributed by atoms with Crippen molar-refractivity contribution in [3.63, 3.8) is 0 Å². The first-order chi connectivity index (χ1) is 15.7. The number of thioether (sulfide) groups is 2. The van der Waals surface area contributed by atoms with Gasteiger partial charge in [0, 0.05) is 17.7 Å². The average Bonchev–Trinajstić information content (AvgIpc) is 3.11. The molecule has 1 aromatic rings. The highest BCUT2D eigenvalue weighted by Crippen LogP contribution is 2.50. The molecule has 0 amide bonds. The van der Waals surface area contributed by atoms with Crippen LogP contribution in [0.25, 0.3) is 0 Å². The largest absolute Gasteiger partial charge is 0.507 e. The number of carbonyl (C=O) groups excluding carboxylic acids is 1. The SMILES string of the molecule is CCCc1c(OCCCCSCC2(CC)COC(C)(CCC(=O)O)S2)ccc(C(C)=O)c1O. The van der Waals surface area contributed by atoms with Gasteiger partial charge in [0.05, 0.1) is 23.5 Å². The van der Waals surface area contributed by atoms with Crippen molar-refractivity contribution in [2.75, 3.05) is 24.7 Å². The summed E-state index contributed by atoms with van der Waals surface area (Å²) in [6.07, 6.45) is 5.11. The summed E-state index contributed by atoms with van der Waals surface area (Å²) in [7, 11) is 0. The van der Waals surface area contributed by atoms with Crippen LogP contribution in [0, 0.1) is 0 Å². The first kappa shape index (κ1) is 27.9. The number of aliphatic carboxylic acids is 1. The number of carboxylic acids is 1. The van der Waals surface area contributed by atoms with E-state index in [2.05, 4.69) is 6.92 Å². The van der Waals surface area contributed by atoms with Crippen LogP contribution < -0.4 is 4.74 Å². The van der Waals surface area contributed by atoms with Gasteiger partial charge in [0.15, 0.2) is 5.78 Å². The number of phenolic OH excluding ortho intramolecular Hbond substituents is 1. The molecule has 8 heteroatoms. The number of ether oxygens (including phenoxy) is 2. The van der Waals surface area contributed by atoms with Gasteiger partial charge in [0.2, 0.25) is 0 Å². The van der Waals surface area contributed by atoms with Crippen molar-refractivity contribution >= 4 is 35.3 Å². The molecule has 186 valence electrons. The number of Topliss-reactive ketones (excluding diaryl/α,β-unsaturated/α-hetero) is 1. The highest BCUT2D eigenvalue weighted by molar-refractivity contribution is 8.04. The van der Waals surface area contributed by atoms with Gasteiger partial charge in [-0.15, -0.1) is 11.8 Å². The molecule has 33 heavy (non-hydrogen) atoms. The van der Waals surface area contributed by atoms with E-state index >= 15 is 0 Å². The van der Waals surface area contributed by atoms with E-state index in [1.54, 1.807) is 23.9 Å². The Hall–Kier alpha value is -1.38. The molecular weight excluding hydrogens is 460 g/mol. The van der Waals surface area contributed by atoms with Crippen LogP contribution in [0.3, 0.4) is 0 Å². The molecule has 2 atom stereocenters. The molecule has 2 unspecified atom stereocenters. The third-order valence-electron chi connectivity index (χ3n) is 5.94. The first-order valence-electron chi connectivity index (χ1n) is 11.8. The molecular formula is C25H38O6S2. The van der Waals surface area contributed by atoms with Crippen LogP contribution in [-0.4, -0.2) is 56.4 Å². The van der Waals surface area contributed by atoms with Gasteiger partial charge < -0.3 is 19.7 Å². The highest BCUT2D eigenvalue weighted by atomic mass is 32.2. The molecule has 0 radical (unpaired) electrons. The second kappa shape index (κ2) is 12.9. The van der Waals surface area contributed by atoms with E-state index in [0.29, 0.717) is 42.9 Å². The summed E-state index contributed by atoms with van der Waals surface area (Å²) in [6.45, 7) is 8.91. The molecule has 1 aliphatic heterocycles.